The van der Waals surface area contributed by atoms with Gasteiger partial charge in [0.2, 0.25) is 17.8 Å². The number of primary amides is 1. The van der Waals surface area contributed by atoms with Crippen molar-refractivity contribution in [2.75, 3.05) is 23.7 Å². The molecule has 0 unspecified atom stereocenters. The predicted molar refractivity (Wildman–Crippen MR) is 95.0 cm³/mol. The Labute approximate surface area is 144 Å². The average molecular weight is 335 g/mol. The molecule has 0 aliphatic heterocycles. The molecule has 25 heavy (non-hydrogen) atoms. The molecule has 1 aromatic carbocycles. The highest BCUT2D eigenvalue weighted by atomic mass is 16.1. The van der Waals surface area contributed by atoms with Gasteiger partial charge in [-0.1, -0.05) is 12.1 Å². The Hall–Kier alpha value is -3.55. The van der Waals surface area contributed by atoms with E-state index in [1.807, 2.05) is 0 Å². The molecule has 0 radical (unpaired) electrons. The first kappa shape index (κ1) is 16.3. The molecule has 0 bridgehead atoms. The van der Waals surface area contributed by atoms with Gasteiger partial charge in [-0.3, -0.25) is 4.79 Å². The molecule has 3 rings (SSSR count). The minimum absolute atomic E-state index is 0.452. The van der Waals surface area contributed by atoms with Gasteiger partial charge in [0.1, 0.15) is 0 Å². The van der Waals surface area contributed by atoms with Crippen LogP contribution in [0, 0.1) is 0 Å². The zero-order valence-electron chi connectivity index (χ0n) is 13.4. The van der Waals surface area contributed by atoms with Crippen LogP contribution in [0.4, 0.5) is 11.9 Å². The summed E-state index contributed by atoms with van der Waals surface area (Å²) >= 11 is 0. The van der Waals surface area contributed by atoms with Gasteiger partial charge in [-0.2, -0.15) is 0 Å². The molecule has 8 nitrogen and oxygen atoms in total. The topological polar surface area (TPSA) is 119 Å². The first-order chi connectivity index (χ1) is 12.2. The Morgan fingerprint density at radius 3 is 2.20 bits per heavy atom. The van der Waals surface area contributed by atoms with Gasteiger partial charge in [0.25, 0.3) is 0 Å². The number of amides is 1. The normalized spacial score (nSPS) is 10.2. The van der Waals surface area contributed by atoms with Gasteiger partial charge < -0.3 is 16.4 Å². The molecular formula is C17H17N7O. The van der Waals surface area contributed by atoms with Crippen LogP contribution < -0.4 is 16.4 Å². The number of carbonyl (C=O) groups excluding carboxylic acids is 1. The minimum atomic E-state index is -0.452. The summed E-state index contributed by atoms with van der Waals surface area (Å²) in [5.41, 5.74) is 7.35. The molecule has 2 heterocycles. The molecule has 0 spiro atoms. The highest BCUT2D eigenvalue weighted by molar-refractivity contribution is 5.93. The lowest BCUT2D eigenvalue weighted by Crippen LogP contribution is -2.16. The highest BCUT2D eigenvalue weighted by Gasteiger charge is 2.04. The van der Waals surface area contributed by atoms with E-state index >= 15 is 0 Å². The number of hydrogen-bond donors (Lipinski definition) is 3. The summed E-state index contributed by atoms with van der Waals surface area (Å²) in [6, 6.07) is 10.5. The zero-order chi connectivity index (χ0) is 17.5. The maximum Gasteiger partial charge on any atom is 0.248 e. The summed E-state index contributed by atoms with van der Waals surface area (Å²) < 4.78 is 0. The average Bonchev–Trinajstić information content (AvgIpc) is 2.66. The standard InChI is InChI=1S/C17H17N7O/c18-15(25)13-4-2-12(3-5-13)14-6-9-21-17(24-14)23-11-10-22-16-19-7-1-8-20-16/h1-9H,10-11H2,(H2,18,25)(H,19,20,22)(H,21,23,24). The molecule has 0 atom stereocenters. The maximum atomic E-state index is 11.1. The Bertz CT molecular complexity index is 837. The quantitative estimate of drug-likeness (QED) is 0.561. The molecule has 0 aliphatic rings. The van der Waals surface area contributed by atoms with Crippen LogP contribution in [0.3, 0.4) is 0 Å². The summed E-state index contributed by atoms with van der Waals surface area (Å²) in [6.45, 7) is 1.24. The minimum Gasteiger partial charge on any atom is -0.366 e. The molecule has 4 N–H and O–H groups in total. The molecule has 2 aromatic heterocycles. The Morgan fingerprint density at radius 2 is 1.52 bits per heavy atom. The number of nitrogens with two attached hydrogens (primary N) is 1. The first-order valence-electron chi connectivity index (χ1n) is 7.70. The van der Waals surface area contributed by atoms with E-state index in [2.05, 4.69) is 30.6 Å². The van der Waals surface area contributed by atoms with Crippen molar-refractivity contribution in [3.05, 3.63) is 60.6 Å². The largest absolute Gasteiger partial charge is 0.366 e. The van der Waals surface area contributed by atoms with Crippen LogP contribution in [0.1, 0.15) is 10.4 Å². The number of nitrogens with zero attached hydrogens (tertiary/aromatic N) is 4. The van der Waals surface area contributed by atoms with E-state index in [0.717, 1.165) is 11.3 Å². The second kappa shape index (κ2) is 7.82. The first-order valence-corrected chi connectivity index (χ1v) is 7.70. The van der Waals surface area contributed by atoms with Crippen molar-refractivity contribution in [3.63, 3.8) is 0 Å². The van der Waals surface area contributed by atoms with E-state index in [-0.39, 0.29) is 0 Å². The summed E-state index contributed by atoms with van der Waals surface area (Å²) in [4.78, 5) is 28.0. The second-order valence-electron chi connectivity index (χ2n) is 5.13. The van der Waals surface area contributed by atoms with Crippen LogP contribution in [0.5, 0.6) is 0 Å². The fourth-order valence-corrected chi connectivity index (χ4v) is 2.15. The van der Waals surface area contributed by atoms with Crippen molar-refractivity contribution in [2.45, 2.75) is 0 Å². The fourth-order valence-electron chi connectivity index (χ4n) is 2.15. The van der Waals surface area contributed by atoms with Gasteiger partial charge in [0.15, 0.2) is 0 Å². The van der Waals surface area contributed by atoms with Crippen LogP contribution in [-0.4, -0.2) is 38.9 Å². The Balaban J connectivity index is 1.58. The van der Waals surface area contributed by atoms with Crippen LogP contribution in [-0.2, 0) is 0 Å². The lowest BCUT2D eigenvalue weighted by molar-refractivity contribution is 0.100. The van der Waals surface area contributed by atoms with Gasteiger partial charge in [-0.15, -0.1) is 0 Å². The lowest BCUT2D eigenvalue weighted by Gasteiger charge is -2.08. The van der Waals surface area contributed by atoms with Crippen molar-refractivity contribution < 1.29 is 4.79 Å². The highest BCUT2D eigenvalue weighted by Crippen LogP contribution is 2.18. The lowest BCUT2D eigenvalue weighted by atomic mass is 10.1. The fraction of sp³-hybridized carbons (Fsp3) is 0.118. The summed E-state index contributed by atoms with van der Waals surface area (Å²) in [5, 5.41) is 6.23. The van der Waals surface area contributed by atoms with Gasteiger partial charge >= 0.3 is 0 Å². The van der Waals surface area contributed by atoms with Crippen molar-refractivity contribution in [1.82, 2.24) is 19.9 Å². The van der Waals surface area contributed by atoms with E-state index < -0.39 is 5.91 Å². The summed E-state index contributed by atoms with van der Waals surface area (Å²) in [6.07, 6.45) is 5.04. The molecule has 8 heteroatoms. The third-order valence-corrected chi connectivity index (χ3v) is 3.38. The van der Waals surface area contributed by atoms with Crippen LogP contribution in [0.2, 0.25) is 0 Å². The van der Waals surface area contributed by atoms with Gasteiger partial charge in [-0.05, 0) is 24.3 Å². The molecule has 0 saturated heterocycles. The molecule has 126 valence electrons. The molecule has 0 fully saturated rings. The monoisotopic (exact) mass is 335 g/mol. The maximum absolute atomic E-state index is 11.1. The Kier molecular flexibility index (Phi) is 5.10. The van der Waals surface area contributed by atoms with Crippen LogP contribution in [0.15, 0.2) is 55.0 Å². The Morgan fingerprint density at radius 1 is 0.880 bits per heavy atom. The SMILES string of the molecule is NC(=O)c1ccc(-c2ccnc(NCCNc3ncccn3)n2)cc1. The molecule has 0 aliphatic carbocycles. The summed E-state index contributed by atoms with van der Waals surface area (Å²) in [5.74, 6) is 0.646. The molecule has 1 amide bonds. The molecule has 0 saturated carbocycles. The third-order valence-electron chi connectivity index (χ3n) is 3.38. The number of anilines is 2. The van der Waals surface area contributed by atoms with Crippen molar-refractivity contribution in [2.24, 2.45) is 5.73 Å². The van der Waals surface area contributed by atoms with E-state index in [4.69, 9.17) is 5.73 Å². The van der Waals surface area contributed by atoms with Crippen molar-refractivity contribution >= 4 is 17.8 Å². The van der Waals surface area contributed by atoms with E-state index in [9.17, 15) is 4.79 Å². The number of hydrogen-bond acceptors (Lipinski definition) is 7. The van der Waals surface area contributed by atoms with Gasteiger partial charge in [-0.25, -0.2) is 19.9 Å². The van der Waals surface area contributed by atoms with E-state index in [1.54, 1.807) is 55.0 Å². The smallest absolute Gasteiger partial charge is 0.248 e. The number of rotatable bonds is 7. The molecule has 3 aromatic rings. The number of aromatic nitrogens is 4. The summed E-state index contributed by atoms with van der Waals surface area (Å²) in [7, 11) is 0. The second-order valence-corrected chi connectivity index (χ2v) is 5.13. The number of benzene rings is 1. The zero-order valence-corrected chi connectivity index (χ0v) is 13.4. The van der Waals surface area contributed by atoms with E-state index in [1.165, 1.54) is 0 Å². The number of nitrogens with one attached hydrogen (secondary N) is 2. The van der Waals surface area contributed by atoms with Gasteiger partial charge in [0.05, 0.1) is 5.69 Å². The predicted octanol–water partition coefficient (Wildman–Crippen LogP) is 1.56. The molecular weight excluding hydrogens is 318 g/mol. The third kappa shape index (κ3) is 4.47. The van der Waals surface area contributed by atoms with Crippen molar-refractivity contribution in [3.8, 4) is 11.3 Å². The van der Waals surface area contributed by atoms with Crippen molar-refractivity contribution in [1.29, 1.82) is 0 Å². The number of carbonyl (C=O) groups is 1. The van der Waals surface area contributed by atoms with E-state index in [0.29, 0.717) is 30.5 Å². The van der Waals surface area contributed by atoms with Crippen LogP contribution >= 0.6 is 0 Å². The van der Waals surface area contributed by atoms with Gasteiger partial charge in [0, 0.05) is 42.8 Å². The van der Waals surface area contributed by atoms with Crippen LogP contribution in [0.25, 0.3) is 11.3 Å².